The molecule has 7 heteroatoms. The van der Waals surface area contributed by atoms with Crippen LogP contribution in [0.5, 0.6) is 0 Å². The van der Waals surface area contributed by atoms with Gasteiger partial charge in [-0.3, -0.25) is 0 Å². The van der Waals surface area contributed by atoms with E-state index in [2.05, 4.69) is 70.5 Å². The van der Waals surface area contributed by atoms with E-state index in [1.165, 1.54) is 349 Å². The highest BCUT2D eigenvalue weighted by Gasteiger charge is 2.55. The van der Waals surface area contributed by atoms with Gasteiger partial charge in [0, 0.05) is 37.5 Å². The zero-order chi connectivity index (χ0) is 60.0. The number of likely N-dealkylation sites (N-methyl/N-ethyl adjacent to an activating group) is 2. The van der Waals surface area contributed by atoms with E-state index in [4.69, 9.17) is 0 Å². The van der Waals surface area contributed by atoms with Gasteiger partial charge >= 0.3 is 0 Å². The van der Waals surface area contributed by atoms with Gasteiger partial charge in [0.15, 0.2) is 0 Å². The summed E-state index contributed by atoms with van der Waals surface area (Å²) in [5.41, 5.74) is 0.717. The maximum absolute atomic E-state index is 2.72. The second-order valence-electron chi connectivity index (χ2n) is 36.9. The third-order valence-corrected chi connectivity index (χ3v) is 29.0. The monoisotopic (exact) mass is 1190 g/mol. The molecule has 0 spiro atoms. The highest BCUT2D eigenvalue weighted by molar-refractivity contribution is 5.02. The fourth-order valence-electron chi connectivity index (χ4n) is 22.9. The van der Waals surface area contributed by atoms with Crippen molar-refractivity contribution in [3.8, 4) is 0 Å². The lowest BCUT2D eigenvalue weighted by Crippen LogP contribution is -3.16. The molecule has 0 atom stereocenters. The summed E-state index contributed by atoms with van der Waals surface area (Å²) in [4.78, 5) is 1.74. The number of piperidine rings is 2. The Kier molecular flexibility index (Phi) is 26.0. The van der Waals surface area contributed by atoms with E-state index in [-0.39, 0.29) is 0 Å². The molecule has 494 valence electrons. The molecule has 3 heterocycles. The number of likely N-dealkylation sites (tertiary alicyclic amines) is 2. The predicted molar refractivity (Wildman–Crippen MR) is 366 cm³/mol. The van der Waals surface area contributed by atoms with Gasteiger partial charge in [-0.15, -0.1) is 0 Å². The molecular weight excluding hydrogens is 1030 g/mol. The van der Waals surface area contributed by atoms with Crippen molar-refractivity contribution in [2.45, 2.75) is 312 Å². The maximum Gasteiger partial charge on any atom is 0.128 e. The SMILES string of the molecule is C[N+](CCC[N+](C)(C1CCCCC1)C1CCCCC1)(C1CCCCC1)C1CCCCC1.C[N+]1(C)CCC(CCCC2CC[N+](C)(C)CC2)CC1.C[N+]1(CC2CCCCC2)CC[N+](C)(CC2CCCCC2)CC1.C[NH+](C)C12CC3CC(CC(C3)C1)C2. The Hall–Kier alpha value is -0.280. The third kappa shape index (κ3) is 20.1. The standard InChI is InChI=1S/C29H56N2.C20H40N2.C17H36N2.C12H21N/c1-30(26-16-7-3-8-17-26,27-18-9-4-10-19-27)24-15-25-31(2,28-20-11-5-12-21-28)29-22-13-6-14-23-29;1-21(17-19-9-5-3-6-10-19)13-15-22(2,16-14-21)18-20-11-7-4-8-12-20;1-18(2)12-8-16(9-13-18)6-5-7-17-10-14-19(3,4)15-11-17;1-13(2)12-6-9-3-10(7-12)5-11(4-9)8-12/h26-29H,3-25H2,1-2H3;19-20H,3-18H2,1-2H3;16-17H,5-15H2,1-4H3;9-11H,3-8H2,1-2H3/q3*+2;/p+1. The van der Waals surface area contributed by atoms with Crippen molar-refractivity contribution < 1.29 is 31.8 Å². The highest BCUT2D eigenvalue weighted by Crippen LogP contribution is 2.54. The van der Waals surface area contributed by atoms with Crippen molar-refractivity contribution >= 4 is 0 Å². The smallest absolute Gasteiger partial charge is 0.128 e. The number of piperazine rings is 1. The van der Waals surface area contributed by atoms with Crippen LogP contribution in [0.4, 0.5) is 0 Å². The summed E-state index contributed by atoms with van der Waals surface area (Å²) in [5, 5.41) is 0. The first-order valence-corrected chi connectivity index (χ1v) is 39.6. The summed E-state index contributed by atoms with van der Waals surface area (Å²) in [6.07, 6.45) is 66.5. The number of rotatable bonds is 17. The molecule has 13 aliphatic rings. The van der Waals surface area contributed by atoms with Gasteiger partial charge in [-0.05, 0) is 203 Å². The molecule has 7 nitrogen and oxygen atoms in total. The fourth-order valence-corrected chi connectivity index (χ4v) is 22.9. The fraction of sp³-hybridized carbons (Fsp3) is 1.00. The molecule has 0 aromatic rings. The summed E-state index contributed by atoms with van der Waals surface area (Å²) in [6, 6.07) is 3.89. The largest absolute Gasteiger partial charge is 0.335 e. The van der Waals surface area contributed by atoms with Crippen LogP contribution in [0.15, 0.2) is 0 Å². The number of quaternary nitrogens is 7. The van der Waals surface area contributed by atoms with Gasteiger partial charge in [0.2, 0.25) is 0 Å². The molecule has 13 fully saturated rings. The van der Waals surface area contributed by atoms with Gasteiger partial charge in [0.1, 0.15) is 26.2 Å². The minimum absolute atomic E-state index is 0.717. The Morgan fingerprint density at radius 2 is 0.600 bits per heavy atom. The second-order valence-corrected chi connectivity index (χ2v) is 36.9. The summed E-state index contributed by atoms with van der Waals surface area (Å²) in [6.45, 7) is 17.2. The molecule has 0 aromatic heterocycles. The Morgan fingerprint density at radius 1 is 0.329 bits per heavy atom. The van der Waals surface area contributed by atoms with Crippen molar-refractivity contribution in [1.29, 1.82) is 0 Å². The highest BCUT2D eigenvalue weighted by atomic mass is 15.5. The van der Waals surface area contributed by atoms with Gasteiger partial charge < -0.3 is 31.8 Å². The van der Waals surface area contributed by atoms with E-state index in [0.717, 1.165) is 71.1 Å². The summed E-state index contributed by atoms with van der Waals surface area (Å²) >= 11 is 0. The van der Waals surface area contributed by atoms with Crippen LogP contribution < -0.4 is 4.90 Å². The number of hydrogen-bond acceptors (Lipinski definition) is 0. The number of nitrogens with one attached hydrogen (secondary N) is 1. The first-order valence-electron chi connectivity index (χ1n) is 39.6. The topological polar surface area (TPSA) is 4.44 Å². The van der Waals surface area contributed by atoms with Gasteiger partial charge in [0.25, 0.3) is 0 Å². The van der Waals surface area contributed by atoms with Crippen LogP contribution in [0, 0.1) is 41.4 Å². The molecule has 10 aliphatic carbocycles. The average molecular weight is 1190 g/mol. The summed E-state index contributed by atoms with van der Waals surface area (Å²) in [5.74, 6) is 7.50. The average Bonchev–Trinajstić information content (AvgIpc) is 1.47. The Balaban J connectivity index is 0.000000142. The lowest BCUT2D eigenvalue weighted by Gasteiger charge is -2.56. The van der Waals surface area contributed by atoms with E-state index in [1.54, 1.807) is 43.4 Å². The number of nitrogens with zero attached hydrogens (tertiary/aromatic N) is 6. The molecule has 13 rings (SSSR count). The van der Waals surface area contributed by atoms with Gasteiger partial charge in [-0.25, -0.2) is 0 Å². The van der Waals surface area contributed by atoms with E-state index in [9.17, 15) is 0 Å². The Bertz CT molecular complexity index is 1660. The Labute approximate surface area is 531 Å². The van der Waals surface area contributed by atoms with Crippen molar-refractivity contribution in [2.75, 3.05) is 149 Å². The molecule has 0 unspecified atom stereocenters. The maximum atomic E-state index is 2.72. The number of hydrogen-bond donors (Lipinski definition) is 1. The third-order valence-electron chi connectivity index (χ3n) is 29.0. The first-order chi connectivity index (χ1) is 40.7. The van der Waals surface area contributed by atoms with Crippen molar-refractivity contribution in [1.82, 2.24) is 0 Å². The van der Waals surface area contributed by atoms with Crippen LogP contribution in [0.25, 0.3) is 0 Å². The normalized spacial score (nSPS) is 34.4. The van der Waals surface area contributed by atoms with E-state index in [0.29, 0.717) is 0 Å². The predicted octanol–water partition coefficient (Wildman–Crippen LogP) is 15.9. The molecule has 0 amide bonds. The summed E-state index contributed by atoms with van der Waals surface area (Å²) < 4.78 is 8.18. The van der Waals surface area contributed by atoms with Gasteiger partial charge in [-0.1, -0.05) is 83.5 Å². The molecule has 4 bridgehead atoms. The molecule has 10 saturated carbocycles. The van der Waals surface area contributed by atoms with Crippen molar-refractivity contribution in [3.05, 3.63) is 0 Å². The molecular formula is C78H154N7+7. The zero-order valence-electron chi connectivity index (χ0n) is 59.6. The van der Waals surface area contributed by atoms with Crippen LogP contribution in [-0.2, 0) is 0 Å². The minimum atomic E-state index is 0.717. The van der Waals surface area contributed by atoms with Gasteiger partial charge in [0.05, 0.1) is 153 Å². The molecule has 0 aromatic carbocycles. The van der Waals surface area contributed by atoms with Gasteiger partial charge in [-0.2, -0.15) is 0 Å². The molecule has 1 N–H and O–H groups in total. The van der Waals surface area contributed by atoms with Crippen molar-refractivity contribution in [2.24, 2.45) is 41.4 Å². The van der Waals surface area contributed by atoms with Crippen molar-refractivity contribution in [3.63, 3.8) is 0 Å². The summed E-state index contributed by atoms with van der Waals surface area (Å²) in [7, 11) is 24.9. The zero-order valence-corrected chi connectivity index (χ0v) is 59.6. The van der Waals surface area contributed by atoms with Crippen LogP contribution in [-0.4, -0.2) is 206 Å². The van der Waals surface area contributed by atoms with Crippen LogP contribution >= 0.6 is 0 Å². The van der Waals surface area contributed by atoms with Crippen LogP contribution in [0.3, 0.4) is 0 Å². The molecule has 3 aliphatic heterocycles. The first kappa shape index (κ1) is 69.1. The lowest BCUT2D eigenvalue weighted by molar-refractivity contribution is -1.02. The molecule has 3 saturated heterocycles. The molecule has 0 radical (unpaired) electrons. The van der Waals surface area contributed by atoms with Crippen LogP contribution in [0.2, 0.25) is 0 Å². The van der Waals surface area contributed by atoms with Crippen LogP contribution in [0.1, 0.15) is 283 Å². The van der Waals surface area contributed by atoms with E-state index >= 15 is 0 Å². The molecule has 85 heavy (non-hydrogen) atoms. The van der Waals surface area contributed by atoms with E-state index in [1.807, 2.05) is 0 Å². The quantitative estimate of drug-likeness (QED) is 0.138. The Morgan fingerprint density at radius 3 is 0.871 bits per heavy atom. The minimum Gasteiger partial charge on any atom is -0.335 e. The van der Waals surface area contributed by atoms with E-state index < -0.39 is 0 Å². The second kappa shape index (κ2) is 32.0. The lowest BCUT2D eigenvalue weighted by atomic mass is 9.52.